The summed E-state index contributed by atoms with van der Waals surface area (Å²) in [4.78, 5) is 25.1. The van der Waals surface area contributed by atoms with Crippen LogP contribution in [0.1, 0.15) is 22.8 Å². The zero-order valence-electron chi connectivity index (χ0n) is 14.5. The standard InChI is InChI=1S/C18H19N5O2S/c1-3-23-16-9-6-13(10-15(16)19-22-23)18(25)21-20-17(24)11-26-14-7-4-12(2)5-8-14/h4-10H,3,11H2,1-2H3,(H,20,24)(H,21,25). The molecular formula is C18H19N5O2S. The van der Waals surface area contributed by atoms with E-state index in [2.05, 4.69) is 21.2 Å². The average molecular weight is 369 g/mol. The number of rotatable bonds is 5. The number of fused-ring (bicyclic) bond motifs is 1. The number of hydrogen-bond acceptors (Lipinski definition) is 5. The number of nitrogens with one attached hydrogen (secondary N) is 2. The van der Waals surface area contributed by atoms with Crippen molar-refractivity contribution in [2.45, 2.75) is 25.3 Å². The lowest BCUT2D eigenvalue weighted by atomic mass is 10.2. The van der Waals surface area contributed by atoms with Gasteiger partial charge in [-0.25, -0.2) is 4.68 Å². The first-order valence-corrected chi connectivity index (χ1v) is 9.17. The van der Waals surface area contributed by atoms with Crippen molar-refractivity contribution in [1.82, 2.24) is 25.8 Å². The lowest BCUT2D eigenvalue weighted by Crippen LogP contribution is -2.42. The molecule has 134 valence electrons. The number of thioether (sulfide) groups is 1. The Hall–Kier alpha value is -2.87. The molecule has 3 rings (SSSR count). The molecule has 0 atom stereocenters. The predicted molar refractivity (Wildman–Crippen MR) is 101 cm³/mol. The third kappa shape index (κ3) is 4.20. The Morgan fingerprint density at radius 2 is 1.88 bits per heavy atom. The molecule has 0 unspecified atom stereocenters. The number of amides is 2. The number of benzene rings is 2. The Morgan fingerprint density at radius 3 is 2.62 bits per heavy atom. The Bertz CT molecular complexity index is 936. The summed E-state index contributed by atoms with van der Waals surface area (Å²) in [5, 5.41) is 8.05. The molecule has 0 aliphatic carbocycles. The van der Waals surface area contributed by atoms with Gasteiger partial charge in [-0.05, 0) is 44.2 Å². The smallest absolute Gasteiger partial charge is 0.269 e. The Morgan fingerprint density at radius 1 is 1.12 bits per heavy atom. The van der Waals surface area contributed by atoms with Gasteiger partial charge in [0.05, 0.1) is 11.3 Å². The van der Waals surface area contributed by atoms with E-state index in [1.807, 2.05) is 38.1 Å². The van der Waals surface area contributed by atoms with Crippen LogP contribution in [-0.4, -0.2) is 32.6 Å². The SMILES string of the molecule is CCn1nnc2cc(C(=O)NNC(=O)CSc3ccc(C)cc3)ccc21. The van der Waals surface area contributed by atoms with Crippen molar-refractivity contribution in [2.75, 3.05) is 5.75 Å². The second kappa shape index (κ2) is 8.01. The predicted octanol–water partition coefficient (Wildman–Crippen LogP) is 2.31. The third-order valence-electron chi connectivity index (χ3n) is 3.78. The quantitative estimate of drug-likeness (QED) is 0.532. The molecule has 7 nitrogen and oxygen atoms in total. The van der Waals surface area contributed by atoms with Crippen molar-refractivity contribution in [3.05, 3.63) is 53.6 Å². The van der Waals surface area contributed by atoms with Crippen LogP contribution in [0.3, 0.4) is 0 Å². The van der Waals surface area contributed by atoms with Crippen LogP contribution in [-0.2, 0) is 11.3 Å². The van der Waals surface area contributed by atoms with Gasteiger partial charge < -0.3 is 0 Å². The topological polar surface area (TPSA) is 88.9 Å². The number of hydrogen-bond donors (Lipinski definition) is 2. The lowest BCUT2D eigenvalue weighted by Gasteiger charge is -2.07. The summed E-state index contributed by atoms with van der Waals surface area (Å²) < 4.78 is 1.75. The molecule has 0 aliphatic heterocycles. The zero-order chi connectivity index (χ0) is 18.5. The Kier molecular flexibility index (Phi) is 5.52. The van der Waals surface area contributed by atoms with Crippen molar-refractivity contribution >= 4 is 34.6 Å². The highest BCUT2D eigenvalue weighted by Crippen LogP contribution is 2.17. The molecular weight excluding hydrogens is 350 g/mol. The van der Waals surface area contributed by atoms with E-state index >= 15 is 0 Å². The van der Waals surface area contributed by atoms with E-state index in [1.165, 1.54) is 17.3 Å². The zero-order valence-corrected chi connectivity index (χ0v) is 15.3. The second-order valence-corrected chi connectivity index (χ2v) is 6.76. The van der Waals surface area contributed by atoms with Crippen LogP contribution in [0.15, 0.2) is 47.4 Å². The van der Waals surface area contributed by atoms with Crippen LogP contribution in [0, 0.1) is 6.92 Å². The Balaban J connectivity index is 1.53. The normalized spacial score (nSPS) is 10.7. The average Bonchev–Trinajstić information content (AvgIpc) is 3.08. The Labute approximate surface area is 155 Å². The fourth-order valence-corrected chi connectivity index (χ4v) is 3.06. The maximum absolute atomic E-state index is 12.2. The van der Waals surface area contributed by atoms with Crippen LogP contribution < -0.4 is 10.9 Å². The van der Waals surface area contributed by atoms with Crippen LogP contribution in [0.5, 0.6) is 0 Å². The van der Waals surface area contributed by atoms with Crippen molar-refractivity contribution in [2.24, 2.45) is 0 Å². The van der Waals surface area contributed by atoms with Gasteiger partial charge in [0.15, 0.2) is 0 Å². The number of carbonyl (C=O) groups excluding carboxylic acids is 2. The summed E-state index contributed by atoms with van der Waals surface area (Å²) >= 11 is 1.41. The maximum Gasteiger partial charge on any atom is 0.269 e. The summed E-state index contributed by atoms with van der Waals surface area (Å²) in [6.07, 6.45) is 0. The fourth-order valence-electron chi connectivity index (χ4n) is 2.37. The van der Waals surface area contributed by atoms with E-state index in [0.29, 0.717) is 17.6 Å². The first kappa shape index (κ1) is 17.9. The molecule has 2 N–H and O–H groups in total. The van der Waals surface area contributed by atoms with Crippen LogP contribution in [0.2, 0.25) is 0 Å². The van der Waals surface area contributed by atoms with Gasteiger partial charge in [0.1, 0.15) is 5.52 Å². The molecule has 2 aromatic carbocycles. The highest BCUT2D eigenvalue weighted by atomic mass is 32.2. The first-order chi connectivity index (χ1) is 12.6. The van der Waals surface area contributed by atoms with Gasteiger partial charge in [-0.15, -0.1) is 16.9 Å². The number of aromatic nitrogens is 3. The summed E-state index contributed by atoms with van der Waals surface area (Å²) in [6, 6.07) is 13.0. The maximum atomic E-state index is 12.2. The summed E-state index contributed by atoms with van der Waals surface area (Å²) in [5.74, 6) is -0.457. The van der Waals surface area contributed by atoms with Crippen LogP contribution >= 0.6 is 11.8 Å². The van der Waals surface area contributed by atoms with E-state index in [9.17, 15) is 9.59 Å². The summed E-state index contributed by atoms with van der Waals surface area (Å²) in [6.45, 7) is 4.69. The van der Waals surface area contributed by atoms with Crippen molar-refractivity contribution in [3.8, 4) is 0 Å². The largest absolute Gasteiger partial charge is 0.272 e. The minimum Gasteiger partial charge on any atom is -0.272 e. The molecule has 8 heteroatoms. The third-order valence-corrected chi connectivity index (χ3v) is 4.79. The highest BCUT2D eigenvalue weighted by molar-refractivity contribution is 8.00. The molecule has 0 fully saturated rings. The number of aryl methyl sites for hydroxylation is 2. The van der Waals surface area contributed by atoms with Gasteiger partial charge in [-0.2, -0.15) is 0 Å². The van der Waals surface area contributed by atoms with E-state index in [4.69, 9.17) is 0 Å². The number of nitrogens with zero attached hydrogens (tertiary/aromatic N) is 3. The number of carbonyl (C=O) groups is 2. The lowest BCUT2D eigenvalue weighted by molar-refractivity contribution is -0.119. The molecule has 0 aliphatic rings. The molecule has 26 heavy (non-hydrogen) atoms. The van der Waals surface area contributed by atoms with E-state index in [1.54, 1.807) is 22.9 Å². The molecule has 0 spiro atoms. The van der Waals surface area contributed by atoms with E-state index < -0.39 is 5.91 Å². The van der Waals surface area contributed by atoms with Crippen molar-refractivity contribution in [3.63, 3.8) is 0 Å². The monoisotopic (exact) mass is 369 g/mol. The molecule has 1 heterocycles. The fraction of sp³-hybridized carbons (Fsp3) is 0.222. The minimum absolute atomic E-state index is 0.215. The molecule has 0 radical (unpaired) electrons. The van der Waals surface area contributed by atoms with E-state index in [-0.39, 0.29) is 11.7 Å². The van der Waals surface area contributed by atoms with Gasteiger partial charge in [-0.3, -0.25) is 20.4 Å². The van der Waals surface area contributed by atoms with Crippen LogP contribution in [0.4, 0.5) is 0 Å². The molecule has 0 saturated carbocycles. The molecule has 2 amide bonds. The van der Waals surface area contributed by atoms with Gasteiger partial charge in [0.2, 0.25) is 5.91 Å². The van der Waals surface area contributed by atoms with Gasteiger partial charge in [0.25, 0.3) is 5.91 Å². The molecule has 3 aromatic rings. The number of hydrazine groups is 1. The minimum atomic E-state index is -0.397. The van der Waals surface area contributed by atoms with Gasteiger partial charge in [0, 0.05) is 17.0 Å². The van der Waals surface area contributed by atoms with Gasteiger partial charge in [-0.1, -0.05) is 22.9 Å². The second-order valence-electron chi connectivity index (χ2n) is 5.71. The molecule has 0 bridgehead atoms. The highest BCUT2D eigenvalue weighted by Gasteiger charge is 2.11. The molecule has 0 saturated heterocycles. The van der Waals surface area contributed by atoms with Gasteiger partial charge >= 0.3 is 0 Å². The van der Waals surface area contributed by atoms with Crippen LogP contribution in [0.25, 0.3) is 11.0 Å². The van der Waals surface area contributed by atoms with E-state index in [0.717, 1.165) is 10.4 Å². The van der Waals surface area contributed by atoms with Crippen molar-refractivity contribution < 1.29 is 9.59 Å². The first-order valence-electron chi connectivity index (χ1n) is 8.18. The summed E-state index contributed by atoms with van der Waals surface area (Å²) in [7, 11) is 0. The summed E-state index contributed by atoms with van der Waals surface area (Å²) in [5.41, 5.74) is 7.93. The van der Waals surface area contributed by atoms with Crippen molar-refractivity contribution in [1.29, 1.82) is 0 Å². The molecule has 1 aromatic heterocycles.